The van der Waals surface area contributed by atoms with E-state index in [-0.39, 0.29) is 10.6 Å². The zero-order chi connectivity index (χ0) is 17.9. The van der Waals surface area contributed by atoms with Gasteiger partial charge in [0.15, 0.2) is 0 Å². The second-order valence-corrected chi connectivity index (χ2v) is 5.22. The van der Waals surface area contributed by atoms with Crippen LogP contribution >= 0.6 is 11.5 Å². The molecule has 0 unspecified atom stereocenters. The van der Waals surface area contributed by atoms with E-state index in [1.165, 1.54) is 0 Å². The average Bonchev–Trinajstić information content (AvgIpc) is 3.00. The Morgan fingerprint density at radius 2 is 2.12 bits per heavy atom. The van der Waals surface area contributed by atoms with Gasteiger partial charge >= 0.3 is 6.18 Å². The van der Waals surface area contributed by atoms with E-state index in [1.54, 1.807) is 6.92 Å². The molecule has 1 amide bonds. The van der Waals surface area contributed by atoms with Gasteiger partial charge in [0.25, 0.3) is 11.6 Å². The maximum absolute atomic E-state index is 12.6. The van der Waals surface area contributed by atoms with Crippen molar-refractivity contribution < 1.29 is 22.9 Å². The smallest absolute Gasteiger partial charge is 0.292 e. The normalized spacial score (nSPS) is 11.2. The molecule has 1 heterocycles. The number of carbonyl (C=O) groups excluding carboxylic acids is 1. The summed E-state index contributed by atoms with van der Waals surface area (Å²) in [5.41, 5.74) is 2.63. The molecule has 2 N–H and O–H groups in total. The van der Waals surface area contributed by atoms with Crippen LogP contribution in [0.2, 0.25) is 0 Å². The van der Waals surface area contributed by atoms with Gasteiger partial charge in [-0.2, -0.15) is 13.2 Å². The Hall–Kier alpha value is -2.76. The van der Waals surface area contributed by atoms with Crippen molar-refractivity contribution in [1.82, 2.24) is 15.0 Å². The fraction of sp³-hybridized carbons (Fsp3) is 0.250. The first-order chi connectivity index (χ1) is 11.2. The standard InChI is InChI=1S/C12H10F3N5O3S/c1-2-7-10(24-19-17-7)11(21)18-16-8-4-3-6(12(13,14)15)5-9(8)20(22)23/h3-5,16H,2H2,1H3,(H,18,21). The topological polar surface area (TPSA) is 110 Å². The van der Waals surface area contributed by atoms with Crippen LogP contribution in [-0.2, 0) is 12.6 Å². The first-order valence-electron chi connectivity index (χ1n) is 6.47. The predicted octanol–water partition coefficient (Wildman–Crippen LogP) is 2.78. The van der Waals surface area contributed by atoms with Gasteiger partial charge in [-0.15, -0.1) is 5.10 Å². The predicted molar refractivity (Wildman–Crippen MR) is 78.5 cm³/mol. The van der Waals surface area contributed by atoms with E-state index < -0.39 is 28.3 Å². The first kappa shape index (κ1) is 17.6. The summed E-state index contributed by atoms with van der Waals surface area (Å²) >= 11 is 0.838. The van der Waals surface area contributed by atoms with Crippen molar-refractivity contribution in [1.29, 1.82) is 0 Å². The Bertz CT molecular complexity index is 778. The van der Waals surface area contributed by atoms with Gasteiger partial charge in [0, 0.05) is 6.07 Å². The summed E-state index contributed by atoms with van der Waals surface area (Å²) in [6.07, 6.45) is -4.25. The van der Waals surface area contributed by atoms with Crippen LogP contribution in [0.5, 0.6) is 0 Å². The maximum Gasteiger partial charge on any atom is 0.416 e. The SMILES string of the molecule is CCc1nnsc1C(=O)NNc1ccc(C(F)(F)F)cc1[N+](=O)[O-]. The van der Waals surface area contributed by atoms with E-state index in [4.69, 9.17) is 0 Å². The van der Waals surface area contributed by atoms with Gasteiger partial charge < -0.3 is 0 Å². The summed E-state index contributed by atoms with van der Waals surface area (Å²) in [6, 6.07) is 1.93. The van der Waals surface area contributed by atoms with Crippen LogP contribution in [0.25, 0.3) is 0 Å². The summed E-state index contributed by atoms with van der Waals surface area (Å²) < 4.78 is 41.5. The molecule has 0 aliphatic heterocycles. The molecule has 2 rings (SSSR count). The third-order valence-corrected chi connectivity index (χ3v) is 3.70. The number of hydrogen-bond acceptors (Lipinski definition) is 7. The number of nitrogens with one attached hydrogen (secondary N) is 2. The highest BCUT2D eigenvalue weighted by molar-refractivity contribution is 7.08. The second-order valence-electron chi connectivity index (χ2n) is 4.47. The number of aromatic nitrogens is 2. The highest BCUT2D eigenvalue weighted by atomic mass is 32.1. The molecular weight excluding hydrogens is 351 g/mol. The van der Waals surface area contributed by atoms with Crippen LogP contribution < -0.4 is 10.9 Å². The molecule has 1 aromatic carbocycles. The Kier molecular flexibility index (Phi) is 4.97. The third-order valence-electron chi connectivity index (χ3n) is 2.93. The molecule has 1 aromatic heterocycles. The van der Waals surface area contributed by atoms with Crippen molar-refractivity contribution in [3.05, 3.63) is 44.4 Å². The lowest BCUT2D eigenvalue weighted by Crippen LogP contribution is -2.29. The minimum atomic E-state index is -4.71. The molecule has 2 aromatic rings. The molecule has 12 heteroatoms. The number of hydrogen-bond donors (Lipinski definition) is 2. The molecule has 0 saturated carbocycles. The van der Waals surface area contributed by atoms with Crippen molar-refractivity contribution in [3.63, 3.8) is 0 Å². The molecule has 0 fully saturated rings. The number of halogens is 3. The van der Waals surface area contributed by atoms with Gasteiger partial charge in [-0.25, -0.2) is 0 Å². The molecule has 128 valence electrons. The van der Waals surface area contributed by atoms with Gasteiger partial charge in [0.2, 0.25) is 0 Å². The zero-order valence-corrected chi connectivity index (χ0v) is 12.9. The van der Waals surface area contributed by atoms with Crippen molar-refractivity contribution >= 4 is 28.8 Å². The molecule has 0 aliphatic carbocycles. The largest absolute Gasteiger partial charge is 0.416 e. The highest BCUT2D eigenvalue weighted by Crippen LogP contribution is 2.34. The Balaban J connectivity index is 2.20. The molecule has 0 saturated heterocycles. The molecule has 0 spiro atoms. The Morgan fingerprint density at radius 3 is 2.71 bits per heavy atom. The van der Waals surface area contributed by atoms with E-state index >= 15 is 0 Å². The minimum Gasteiger partial charge on any atom is -0.292 e. The molecule has 0 atom stereocenters. The Morgan fingerprint density at radius 1 is 1.42 bits per heavy atom. The van der Waals surface area contributed by atoms with Crippen molar-refractivity contribution in [2.24, 2.45) is 0 Å². The van der Waals surface area contributed by atoms with Crippen LogP contribution in [0.15, 0.2) is 18.2 Å². The van der Waals surface area contributed by atoms with E-state index in [9.17, 15) is 28.1 Å². The van der Waals surface area contributed by atoms with E-state index in [0.717, 1.165) is 17.6 Å². The van der Waals surface area contributed by atoms with Gasteiger partial charge in [-0.1, -0.05) is 11.4 Å². The first-order valence-corrected chi connectivity index (χ1v) is 7.24. The van der Waals surface area contributed by atoms with Crippen molar-refractivity contribution in [2.75, 3.05) is 5.43 Å². The van der Waals surface area contributed by atoms with E-state index in [1.807, 2.05) is 0 Å². The lowest BCUT2D eigenvalue weighted by atomic mass is 10.1. The van der Waals surface area contributed by atoms with Crippen LogP contribution in [0, 0.1) is 10.1 Å². The van der Waals surface area contributed by atoms with Gasteiger partial charge in [-0.3, -0.25) is 25.8 Å². The average molecular weight is 361 g/mol. The molecule has 8 nitrogen and oxygen atoms in total. The number of carbonyl (C=O) groups is 1. The number of anilines is 1. The summed E-state index contributed by atoms with van der Waals surface area (Å²) in [7, 11) is 0. The number of alkyl halides is 3. The van der Waals surface area contributed by atoms with Gasteiger partial charge in [0.1, 0.15) is 10.6 Å². The zero-order valence-electron chi connectivity index (χ0n) is 12.0. The van der Waals surface area contributed by atoms with Gasteiger partial charge in [-0.05, 0) is 30.1 Å². The summed E-state index contributed by atoms with van der Waals surface area (Å²) in [5, 5.41) is 14.7. The number of nitro groups is 1. The lowest BCUT2D eigenvalue weighted by Gasteiger charge is -2.11. The molecule has 0 bridgehead atoms. The summed E-state index contributed by atoms with van der Waals surface area (Å²) in [6.45, 7) is 1.77. The fourth-order valence-electron chi connectivity index (χ4n) is 1.76. The molecule has 24 heavy (non-hydrogen) atoms. The van der Waals surface area contributed by atoms with Crippen LogP contribution in [-0.4, -0.2) is 20.4 Å². The minimum absolute atomic E-state index is 0.208. The number of nitrogens with zero attached hydrogens (tertiary/aromatic N) is 3. The monoisotopic (exact) mass is 361 g/mol. The maximum atomic E-state index is 12.6. The molecule has 0 radical (unpaired) electrons. The number of aryl methyl sites for hydroxylation is 1. The Labute approximate surface area is 137 Å². The summed E-state index contributed by atoms with van der Waals surface area (Å²) in [4.78, 5) is 22.1. The molecular formula is C12H10F3N5O3S. The van der Waals surface area contributed by atoms with Crippen molar-refractivity contribution in [3.8, 4) is 0 Å². The molecule has 0 aliphatic rings. The highest BCUT2D eigenvalue weighted by Gasteiger charge is 2.33. The number of hydrazine groups is 1. The third kappa shape index (κ3) is 3.76. The quantitative estimate of drug-likeness (QED) is 0.626. The summed E-state index contributed by atoms with van der Waals surface area (Å²) in [5.74, 6) is -0.643. The number of rotatable bonds is 5. The van der Waals surface area contributed by atoms with Crippen LogP contribution in [0.4, 0.5) is 24.5 Å². The number of nitro benzene ring substituents is 1. The van der Waals surface area contributed by atoms with Crippen LogP contribution in [0.3, 0.4) is 0 Å². The second kappa shape index (κ2) is 6.78. The number of benzene rings is 1. The van der Waals surface area contributed by atoms with Crippen molar-refractivity contribution in [2.45, 2.75) is 19.5 Å². The lowest BCUT2D eigenvalue weighted by molar-refractivity contribution is -0.384. The van der Waals surface area contributed by atoms with E-state index in [2.05, 4.69) is 20.4 Å². The van der Waals surface area contributed by atoms with E-state index in [0.29, 0.717) is 24.2 Å². The van der Waals surface area contributed by atoms with Gasteiger partial charge in [0.05, 0.1) is 16.2 Å². The fourth-order valence-corrected chi connectivity index (χ4v) is 2.40. The van der Waals surface area contributed by atoms with Crippen LogP contribution in [0.1, 0.15) is 27.9 Å². The number of amides is 1.